The zero-order chi connectivity index (χ0) is 55.2. The molecule has 3 saturated heterocycles. The molecule has 7 amide bonds. The lowest BCUT2D eigenvalue weighted by Crippen LogP contribution is -2.62. The summed E-state index contributed by atoms with van der Waals surface area (Å²) in [4.78, 5) is 102. The molecule has 77 heavy (non-hydrogen) atoms. The molecule has 4 aromatic rings. The van der Waals surface area contributed by atoms with Crippen LogP contribution in [-0.2, 0) is 35.2 Å². The van der Waals surface area contributed by atoms with Gasteiger partial charge in [-0.05, 0) is 129 Å². The monoisotopic (exact) mass is 1060 g/mol. The summed E-state index contributed by atoms with van der Waals surface area (Å²) in [5, 5.41) is 56.2. The van der Waals surface area contributed by atoms with Crippen molar-refractivity contribution in [2.45, 2.75) is 146 Å². The van der Waals surface area contributed by atoms with Crippen molar-refractivity contribution in [1.29, 1.82) is 0 Å². The molecule has 0 radical (unpaired) electrons. The largest absolute Gasteiger partial charge is 0.508 e. The fraction of sp³-hybridized carbons (Fsp3) is 0.466. The minimum Gasteiger partial charge on any atom is -0.508 e. The Kier molecular flexibility index (Phi) is 20.2. The van der Waals surface area contributed by atoms with E-state index in [9.17, 15) is 54.0 Å². The fourth-order valence-corrected chi connectivity index (χ4v) is 10.0. The van der Waals surface area contributed by atoms with Crippen molar-refractivity contribution in [3.05, 3.63) is 108 Å². The van der Waals surface area contributed by atoms with E-state index in [1.54, 1.807) is 36.4 Å². The number of ether oxygens (including phenoxy) is 1. The maximum Gasteiger partial charge on any atom is 0.251 e. The van der Waals surface area contributed by atoms with Gasteiger partial charge in [0.1, 0.15) is 47.8 Å². The lowest BCUT2D eigenvalue weighted by molar-refractivity contribution is -0.147. The Hall–Kier alpha value is -7.35. The van der Waals surface area contributed by atoms with Gasteiger partial charge in [-0.3, -0.25) is 33.6 Å². The molecule has 0 saturated carbocycles. The summed E-state index contributed by atoms with van der Waals surface area (Å²) < 4.78 is 5.86. The van der Waals surface area contributed by atoms with Gasteiger partial charge < -0.3 is 61.5 Å². The van der Waals surface area contributed by atoms with Crippen molar-refractivity contribution >= 4 is 41.4 Å². The van der Waals surface area contributed by atoms with Crippen LogP contribution in [0.3, 0.4) is 0 Å². The maximum atomic E-state index is 14.4. The summed E-state index contributed by atoms with van der Waals surface area (Å²) in [5.41, 5.74) is 4.70. The van der Waals surface area contributed by atoms with Gasteiger partial charge in [0.05, 0.1) is 24.9 Å². The highest BCUT2D eigenvalue weighted by atomic mass is 16.5. The minimum atomic E-state index is -1.67. The van der Waals surface area contributed by atoms with E-state index in [2.05, 4.69) is 33.5 Å². The molecule has 3 aliphatic heterocycles. The van der Waals surface area contributed by atoms with E-state index < -0.39 is 95.9 Å². The molecule has 9 atom stereocenters. The van der Waals surface area contributed by atoms with Gasteiger partial charge in [-0.15, -0.1) is 0 Å². The average Bonchev–Trinajstić information content (AvgIpc) is 3.83. The Bertz CT molecular complexity index is 2670. The molecule has 0 aliphatic carbocycles. The number of aliphatic hydroxyl groups excluding tert-OH is 3. The topological polar surface area (TPSA) is 276 Å². The molecule has 19 heteroatoms. The second-order valence-corrected chi connectivity index (χ2v) is 20.4. The standard InChI is InChI=1S/C58H73N7O12/c1-4-5-8-32-77-45-27-23-41(24-28-45)39-17-15-38(16-18-39)40-19-21-42(22-20-40)52(70)60-46-10-9-30-59-55(73)48-11-6-7-31-64(48)57(75)50(35(2)66)62-54(72)47(29-14-37-12-25-43(68)26-13-37)61-56(74)49-33-44(69)34-65(49)58(76)51(36(3)67)63-53(46)71/h12-13,15-28,35-36,44,46-51,66-69H,4-11,14,29-34H2,1-3H3,(H,59,73)(H,60,70)(H,61,74)(H,62,72)(H,63,71)/t35-,36-,44-,46?,47?,48?,49?,50?,51?/m1/s1. The van der Waals surface area contributed by atoms with Gasteiger partial charge in [-0.25, -0.2) is 0 Å². The number of rotatable bonds is 14. The lowest BCUT2D eigenvalue weighted by atomic mass is 9.98. The number of hydrogen-bond donors (Lipinski definition) is 9. The number of unbranched alkanes of at least 4 members (excludes halogenated alkanes) is 2. The number of benzene rings is 4. The third-order valence-corrected chi connectivity index (χ3v) is 14.5. The molecule has 19 nitrogen and oxygen atoms in total. The number of aryl methyl sites for hydroxylation is 1. The average molecular weight is 1060 g/mol. The predicted molar refractivity (Wildman–Crippen MR) is 287 cm³/mol. The van der Waals surface area contributed by atoms with E-state index in [1.807, 2.05) is 48.5 Å². The Morgan fingerprint density at radius 2 is 1.26 bits per heavy atom. The quantitative estimate of drug-likeness (QED) is 0.0822. The predicted octanol–water partition coefficient (Wildman–Crippen LogP) is 3.50. The van der Waals surface area contributed by atoms with E-state index in [0.717, 1.165) is 52.2 Å². The number of fused-ring (bicyclic) bond motifs is 2. The van der Waals surface area contributed by atoms with Crippen LogP contribution in [0.25, 0.3) is 22.3 Å². The number of aromatic hydroxyl groups is 1. The minimum absolute atomic E-state index is 0.00250. The van der Waals surface area contributed by atoms with Crippen LogP contribution in [0.15, 0.2) is 97.1 Å². The molecule has 3 heterocycles. The molecule has 0 bridgehead atoms. The number of nitrogens with zero attached hydrogens (tertiary/aromatic N) is 2. The van der Waals surface area contributed by atoms with Crippen molar-refractivity contribution in [1.82, 2.24) is 36.4 Å². The summed E-state index contributed by atoms with van der Waals surface area (Å²) in [7, 11) is 0. The summed E-state index contributed by atoms with van der Waals surface area (Å²) in [6.07, 6.45) is 0.480. The highest BCUT2D eigenvalue weighted by Gasteiger charge is 2.45. The smallest absolute Gasteiger partial charge is 0.251 e. The number of aliphatic hydroxyl groups is 3. The number of piperidine rings is 1. The summed E-state index contributed by atoms with van der Waals surface area (Å²) >= 11 is 0. The SMILES string of the molecule is CCCCCOc1ccc(-c2ccc(-c3ccc(C(=O)NC4CCCNC(=O)C5CCCCN5C(=O)C([C@@H](C)O)NC(=O)C(CCc5ccc(O)cc5)NC(=O)C5C[C@@H](O)CN5C(=O)C([C@@H](C)O)NC4=O)cc3)cc2)cc1. The number of nitrogens with one attached hydrogen (secondary N) is 5. The third kappa shape index (κ3) is 15.2. The summed E-state index contributed by atoms with van der Waals surface area (Å²) in [6, 6.07) is 20.7. The summed E-state index contributed by atoms with van der Waals surface area (Å²) in [5.74, 6) is -4.46. The Labute approximate surface area is 449 Å². The zero-order valence-electron chi connectivity index (χ0n) is 44.0. The number of carbonyl (C=O) groups is 7. The van der Waals surface area contributed by atoms with Crippen LogP contribution >= 0.6 is 0 Å². The molecule has 3 aliphatic rings. The van der Waals surface area contributed by atoms with Crippen LogP contribution in [0.1, 0.15) is 101 Å². The molecule has 3 fully saturated rings. The highest BCUT2D eigenvalue weighted by Crippen LogP contribution is 2.28. The zero-order valence-corrected chi connectivity index (χ0v) is 44.0. The third-order valence-electron chi connectivity index (χ3n) is 14.5. The van der Waals surface area contributed by atoms with Crippen LogP contribution in [0.2, 0.25) is 0 Å². The normalized spacial score (nSPS) is 23.9. The van der Waals surface area contributed by atoms with Crippen molar-refractivity contribution in [3.8, 4) is 33.8 Å². The number of carbonyl (C=O) groups excluding carboxylic acids is 7. The molecule has 0 aromatic heterocycles. The van der Waals surface area contributed by atoms with E-state index in [4.69, 9.17) is 4.74 Å². The number of phenolic OH excluding ortho intramolecular Hbond substituents is 1. The Morgan fingerprint density at radius 3 is 1.87 bits per heavy atom. The van der Waals surface area contributed by atoms with Crippen molar-refractivity contribution < 1.29 is 58.7 Å². The first-order chi connectivity index (χ1) is 37.0. The molecular weight excluding hydrogens is 987 g/mol. The van der Waals surface area contributed by atoms with Crippen molar-refractivity contribution in [2.75, 3.05) is 26.2 Å². The molecule has 6 unspecified atom stereocenters. The van der Waals surface area contributed by atoms with Crippen LogP contribution < -0.4 is 31.3 Å². The lowest BCUT2D eigenvalue weighted by Gasteiger charge is -2.38. The van der Waals surface area contributed by atoms with E-state index in [-0.39, 0.29) is 69.5 Å². The Balaban J connectivity index is 1.11. The molecule has 9 N–H and O–H groups in total. The Morgan fingerprint density at radius 1 is 0.675 bits per heavy atom. The van der Waals surface area contributed by atoms with E-state index in [0.29, 0.717) is 25.0 Å². The van der Waals surface area contributed by atoms with Crippen LogP contribution in [-0.4, -0.2) is 152 Å². The van der Waals surface area contributed by atoms with Gasteiger partial charge in [0.25, 0.3) is 5.91 Å². The van der Waals surface area contributed by atoms with Crippen LogP contribution in [0.5, 0.6) is 11.5 Å². The molecular formula is C58H73N7O12. The van der Waals surface area contributed by atoms with Crippen LogP contribution in [0, 0.1) is 0 Å². The summed E-state index contributed by atoms with van der Waals surface area (Å²) in [6.45, 7) is 5.22. The first-order valence-electron chi connectivity index (χ1n) is 26.9. The van der Waals surface area contributed by atoms with Gasteiger partial charge in [-0.1, -0.05) is 80.4 Å². The molecule has 7 rings (SSSR count). The van der Waals surface area contributed by atoms with Gasteiger partial charge in [0.2, 0.25) is 35.4 Å². The van der Waals surface area contributed by atoms with Crippen molar-refractivity contribution in [3.63, 3.8) is 0 Å². The highest BCUT2D eigenvalue weighted by molar-refractivity contribution is 6.00. The van der Waals surface area contributed by atoms with Gasteiger partial charge in [0, 0.05) is 31.6 Å². The molecule has 0 spiro atoms. The van der Waals surface area contributed by atoms with Gasteiger partial charge in [0.15, 0.2) is 0 Å². The van der Waals surface area contributed by atoms with Crippen molar-refractivity contribution in [2.24, 2.45) is 0 Å². The number of phenols is 1. The van der Waals surface area contributed by atoms with E-state index in [1.165, 1.54) is 30.9 Å². The van der Waals surface area contributed by atoms with Crippen LogP contribution in [0.4, 0.5) is 0 Å². The molecule has 412 valence electrons. The first-order valence-corrected chi connectivity index (χ1v) is 26.9. The fourth-order valence-electron chi connectivity index (χ4n) is 10.0. The van der Waals surface area contributed by atoms with Gasteiger partial charge >= 0.3 is 0 Å². The second-order valence-electron chi connectivity index (χ2n) is 20.4. The molecule has 4 aromatic carbocycles. The number of amides is 7. The van der Waals surface area contributed by atoms with E-state index >= 15 is 0 Å². The first kappa shape index (κ1) is 57.4. The van der Waals surface area contributed by atoms with Gasteiger partial charge in [-0.2, -0.15) is 0 Å². The maximum absolute atomic E-state index is 14.4. The number of hydrogen-bond acceptors (Lipinski definition) is 12. The second kappa shape index (κ2) is 27.1.